The molecule has 2 rings (SSSR count). The molecule has 0 bridgehead atoms. The molecular weight excluding hydrogens is 280 g/mol. The van der Waals surface area contributed by atoms with Crippen molar-refractivity contribution in [3.05, 3.63) is 33.3 Å². The van der Waals surface area contributed by atoms with Crippen molar-refractivity contribution in [3.8, 4) is 0 Å². The van der Waals surface area contributed by atoms with Gasteiger partial charge in [0, 0.05) is 22.4 Å². The summed E-state index contributed by atoms with van der Waals surface area (Å²) in [5, 5.41) is 6.72. The molecule has 4 nitrogen and oxygen atoms in total. The van der Waals surface area contributed by atoms with E-state index in [9.17, 15) is 0 Å². The molecule has 0 saturated carbocycles. The van der Waals surface area contributed by atoms with Crippen LogP contribution in [0.1, 0.15) is 47.2 Å². The first-order chi connectivity index (χ1) is 10.1. The molecule has 114 valence electrons. The Morgan fingerprint density at radius 1 is 1.24 bits per heavy atom. The normalized spacial score (nSPS) is 12.2. The summed E-state index contributed by atoms with van der Waals surface area (Å²) in [5.74, 6) is 1.85. The third-order valence-corrected chi connectivity index (χ3v) is 4.56. The van der Waals surface area contributed by atoms with Crippen LogP contribution in [0.3, 0.4) is 0 Å². The highest BCUT2D eigenvalue weighted by Gasteiger charge is 2.15. The molecule has 0 aromatic carbocycles. The summed E-state index contributed by atoms with van der Waals surface area (Å²) >= 11 is 1.85. The smallest absolute Gasteiger partial charge is 0.135 e. The lowest BCUT2D eigenvalue weighted by Crippen LogP contribution is -2.12. The summed E-state index contributed by atoms with van der Waals surface area (Å²) in [6.45, 7) is 8.69. The van der Waals surface area contributed by atoms with E-state index in [1.165, 1.54) is 20.9 Å². The zero-order valence-electron chi connectivity index (χ0n) is 13.4. The van der Waals surface area contributed by atoms with Crippen LogP contribution >= 0.6 is 11.3 Å². The number of hydrogen-bond donors (Lipinski definition) is 2. The molecule has 2 N–H and O–H groups in total. The van der Waals surface area contributed by atoms with Crippen LogP contribution in [-0.4, -0.2) is 17.0 Å². The van der Waals surface area contributed by atoms with Crippen molar-refractivity contribution < 1.29 is 0 Å². The molecule has 21 heavy (non-hydrogen) atoms. The Labute approximate surface area is 131 Å². The number of rotatable bonds is 6. The molecule has 0 aliphatic rings. The Kier molecular flexibility index (Phi) is 5.17. The highest BCUT2D eigenvalue weighted by Crippen LogP contribution is 2.30. The molecule has 1 atom stereocenters. The van der Waals surface area contributed by atoms with Crippen molar-refractivity contribution in [3.63, 3.8) is 0 Å². The van der Waals surface area contributed by atoms with Crippen molar-refractivity contribution in [2.75, 3.05) is 17.7 Å². The van der Waals surface area contributed by atoms with E-state index >= 15 is 0 Å². The Bertz CT molecular complexity index is 606. The first-order valence-corrected chi connectivity index (χ1v) is 8.23. The van der Waals surface area contributed by atoms with Gasteiger partial charge >= 0.3 is 0 Å². The Balaban J connectivity index is 2.28. The largest absolute Gasteiger partial charge is 0.373 e. The van der Waals surface area contributed by atoms with E-state index in [2.05, 4.69) is 54.4 Å². The molecule has 0 saturated heterocycles. The second kappa shape index (κ2) is 6.89. The van der Waals surface area contributed by atoms with E-state index in [1.807, 2.05) is 18.4 Å². The zero-order valence-corrected chi connectivity index (χ0v) is 14.3. The van der Waals surface area contributed by atoms with Crippen molar-refractivity contribution in [2.24, 2.45) is 0 Å². The second-order valence-electron chi connectivity index (χ2n) is 5.28. The van der Waals surface area contributed by atoms with Crippen molar-refractivity contribution in [1.82, 2.24) is 9.97 Å². The van der Waals surface area contributed by atoms with E-state index in [4.69, 9.17) is 0 Å². The molecular formula is C16H24N4S. The van der Waals surface area contributed by atoms with E-state index in [-0.39, 0.29) is 6.04 Å². The molecule has 0 amide bonds. The maximum absolute atomic E-state index is 4.45. The van der Waals surface area contributed by atoms with Crippen LogP contribution in [0, 0.1) is 13.8 Å². The molecule has 0 aliphatic carbocycles. The topological polar surface area (TPSA) is 49.8 Å². The SMILES string of the molecule is CCCc1c(NC)ncnc1NC(C)c1cc(C)sc1C. The van der Waals surface area contributed by atoms with Gasteiger partial charge in [-0.15, -0.1) is 11.3 Å². The fourth-order valence-electron chi connectivity index (χ4n) is 2.60. The van der Waals surface area contributed by atoms with Crippen molar-refractivity contribution in [1.29, 1.82) is 0 Å². The van der Waals surface area contributed by atoms with Crippen LogP contribution in [0.2, 0.25) is 0 Å². The fourth-order valence-corrected chi connectivity index (χ4v) is 3.62. The average molecular weight is 304 g/mol. The van der Waals surface area contributed by atoms with Gasteiger partial charge in [0.15, 0.2) is 0 Å². The van der Waals surface area contributed by atoms with E-state index in [0.717, 1.165) is 24.5 Å². The average Bonchev–Trinajstić information content (AvgIpc) is 2.80. The van der Waals surface area contributed by atoms with Gasteiger partial charge in [-0.2, -0.15) is 0 Å². The van der Waals surface area contributed by atoms with Gasteiger partial charge in [-0.1, -0.05) is 13.3 Å². The number of aromatic nitrogens is 2. The molecule has 5 heteroatoms. The number of aryl methyl sites for hydroxylation is 2. The van der Waals surface area contributed by atoms with Gasteiger partial charge in [-0.25, -0.2) is 9.97 Å². The first kappa shape index (κ1) is 15.8. The number of nitrogens with one attached hydrogen (secondary N) is 2. The Morgan fingerprint density at radius 2 is 1.95 bits per heavy atom. The number of nitrogens with zero attached hydrogens (tertiary/aromatic N) is 2. The molecule has 0 radical (unpaired) electrons. The van der Waals surface area contributed by atoms with Crippen molar-refractivity contribution in [2.45, 2.75) is 46.6 Å². The van der Waals surface area contributed by atoms with Crippen LogP contribution in [0.25, 0.3) is 0 Å². The van der Waals surface area contributed by atoms with E-state index < -0.39 is 0 Å². The lowest BCUT2D eigenvalue weighted by Gasteiger charge is -2.18. The van der Waals surface area contributed by atoms with Crippen molar-refractivity contribution >= 4 is 23.0 Å². The predicted octanol–water partition coefficient (Wildman–Crippen LogP) is 4.32. The summed E-state index contributed by atoms with van der Waals surface area (Å²) in [4.78, 5) is 11.5. The number of thiophene rings is 1. The van der Waals surface area contributed by atoms with E-state index in [1.54, 1.807) is 6.33 Å². The van der Waals surface area contributed by atoms with Gasteiger partial charge in [0.1, 0.15) is 18.0 Å². The van der Waals surface area contributed by atoms with Crippen LogP contribution in [0.4, 0.5) is 11.6 Å². The third kappa shape index (κ3) is 3.53. The maximum atomic E-state index is 4.45. The lowest BCUT2D eigenvalue weighted by atomic mass is 10.1. The van der Waals surface area contributed by atoms with Gasteiger partial charge in [0.05, 0.1) is 6.04 Å². The minimum Gasteiger partial charge on any atom is -0.373 e. The minimum atomic E-state index is 0.241. The summed E-state index contributed by atoms with van der Waals surface area (Å²) < 4.78 is 0. The first-order valence-electron chi connectivity index (χ1n) is 7.41. The van der Waals surface area contributed by atoms with Gasteiger partial charge in [0.25, 0.3) is 0 Å². The summed E-state index contributed by atoms with van der Waals surface area (Å²) in [6.07, 6.45) is 3.65. The number of hydrogen-bond acceptors (Lipinski definition) is 5. The Hall–Kier alpha value is -1.62. The molecule has 1 unspecified atom stereocenters. The quantitative estimate of drug-likeness (QED) is 0.834. The van der Waals surface area contributed by atoms with E-state index in [0.29, 0.717) is 0 Å². The standard InChI is InChI=1S/C16H24N4S/c1-6-7-13-15(17-5)18-9-19-16(13)20-11(3)14-8-10(2)21-12(14)4/h8-9,11H,6-7H2,1-5H3,(H2,17,18,19,20). The second-order valence-corrected chi connectivity index (χ2v) is 6.74. The van der Waals surface area contributed by atoms with Crippen LogP contribution < -0.4 is 10.6 Å². The summed E-state index contributed by atoms with van der Waals surface area (Å²) in [5.41, 5.74) is 2.52. The van der Waals surface area contributed by atoms with Gasteiger partial charge in [-0.3, -0.25) is 0 Å². The molecule has 0 aliphatic heterocycles. The maximum Gasteiger partial charge on any atom is 0.135 e. The van der Waals surface area contributed by atoms with Gasteiger partial charge < -0.3 is 10.6 Å². The summed E-state index contributed by atoms with van der Waals surface area (Å²) in [7, 11) is 1.90. The third-order valence-electron chi connectivity index (χ3n) is 3.58. The molecule has 0 spiro atoms. The lowest BCUT2D eigenvalue weighted by molar-refractivity contribution is 0.846. The monoisotopic (exact) mass is 304 g/mol. The highest BCUT2D eigenvalue weighted by atomic mass is 32.1. The fraction of sp³-hybridized carbons (Fsp3) is 0.500. The number of anilines is 2. The van der Waals surface area contributed by atoms with Crippen LogP contribution in [0.15, 0.2) is 12.4 Å². The predicted molar refractivity (Wildman–Crippen MR) is 91.4 cm³/mol. The molecule has 2 aromatic heterocycles. The molecule has 0 fully saturated rings. The van der Waals surface area contributed by atoms with Gasteiger partial charge in [0.2, 0.25) is 0 Å². The Morgan fingerprint density at radius 3 is 2.52 bits per heavy atom. The van der Waals surface area contributed by atoms with Gasteiger partial charge in [-0.05, 0) is 38.8 Å². The van der Waals surface area contributed by atoms with Crippen LogP contribution in [-0.2, 0) is 6.42 Å². The molecule has 2 heterocycles. The summed E-state index contributed by atoms with van der Waals surface area (Å²) in [6, 6.07) is 2.50. The zero-order chi connectivity index (χ0) is 15.4. The minimum absolute atomic E-state index is 0.241. The van der Waals surface area contributed by atoms with Crippen LogP contribution in [0.5, 0.6) is 0 Å². The highest BCUT2D eigenvalue weighted by molar-refractivity contribution is 7.12. The molecule has 2 aromatic rings.